The number of carbonyl (C=O) groups excluding carboxylic acids is 2. The fraction of sp³-hybridized carbons (Fsp3) is 0.441. The summed E-state index contributed by atoms with van der Waals surface area (Å²) in [5.41, 5.74) is 4.91. The number of aliphatic hydroxyl groups excluding tert-OH is 1. The van der Waals surface area contributed by atoms with Gasteiger partial charge in [-0.05, 0) is 80.3 Å². The van der Waals surface area contributed by atoms with Gasteiger partial charge in [0.2, 0.25) is 5.91 Å². The lowest BCUT2D eigenvalue weighted by atomic mass is 9.88. The van der Waals surface area contributed by atoms with E-state index < -0.39 is 0 Å². The number of aryl methyl sites for hydroxylation is 1. The number of likely N-dealkylation sites (N-methyl/N-ethyl adjacent to an activating group) is 1. The van der Waals surface area contributed by atoms with Crippen LogP contribution in [0.3, 0.4) is 0 Å². The van der Waals surface area contributed by atoms with Gasteiger partial charge in [0.05, 0.1) is 25.1 Å². The summed E-state index contributed by atoms with van der Waals surface area (Å²) in [7, 11) is 2.06. The van der Waals surface area contributed by atoms with Crippen LogP contribution in [0.5, 0.6) is 5.75 Å². The number of amides is 3. The smallest absolute Gasteiger partial charge is 0.319 e. The number of nitrogens with zero attached hydrogens (tertiary/aromatic N) is 3. The van der Waals surface area contributed by atoms with E-state index in [1.165, 1.54) is 11.1 Å². The normalized spacial score (nSPS) is 21.0. The zero-order valence-electron chi connectivity index (χ0n) is 25.3. The summed E-state index contributed by atoms with van der Waals surface area (Å²) in [5.74, 6) is 0.559. The Hall–Kier alpha value is -3.95. The Bertz CT molecular complexity index is 1400. The molecule has 0 radical (unpaired) electrons. The number of aliphatic hydroxyl groups is 1. The largest absolute Gasteiger partial charge is 0.488 e. The molecule has 4 atom stereocenters. The van der Waals surface area contributed by atoms with Crippen LogP contribution < -0.4 is 15.4 Å². The highest BCUT2D eigenvalue weighted by molar-refractivity contribution is 5.90. The number of hydrogen-bond acceptors (Lipinski definition) is 6. The van der Waals surface area contributed by atoms with E-state index in [2.05, 4.69) is 46.6 Å². The SMILES string of the molecule is CC(CO)N1C[C@@H](C)[C@H](CN(C)Cc2ccncc2)Oc2ccc(NC(=O)NC3CCCc4ccccc43)cc2CC1=O. The average molecular weight is 586 g/mol. The van der Waals surface area contributed by atoms with E-state index in [4.69, 9.17) is 4.74 Å². The molecule has 2 aromatic carbocycles. The minimum absolute atomic E-state index is 0.00532. The monoisotopic (exact) mass is 585 g/mol. The first kappa shape index (κ1) is 30.5. The number of ether oxygens (including phenoxy) is 1. The van der Waals surface area contributed by atoms with Crippen LogP contribution in [0, 0.1) is 5.92 Å². The molecule has 2 heterocycles. The van der Waals surface area contributed by atoms with Crippen molar-refractivity contribution in [1.29, 1.82) is 0 Å². The number of rotatable bonds is 8. The van der Waals surface area contributed by atoms with Gasteiger partial charge in [0.15, 0.2) is 0 Å². The van der Waals surface area contributed by atoms with Crippen LogP contribution in [0.2, 0.25) is 0 Å². The summed E-state index contributed by atoms with van der Waals surface area (Å²) in [6, 6.07) is 17.1. The van der Waals surface area contributed by atoms with E-state index in [0.717, 1.165) is 31.4 Å². The first-order valence-corrected chi connectivity index (χ1v) is 15.2. The second kappa shape index (κ2) is 14.0. The molecular formula is C34H43N5O4. The Morgan fingerprint density at radius 2 is 1.95 bits per heavy atom. The molecule has 9 nitrogen and oxygen atoms in total. The molecule has 9 heteroatoms. The number of anilines is 1. The fourth-order valence-corrected chi connectivity index (χ4v) is 6.13. The molecule has 0 saturated carbocycles. The molecule has 0 spiro atoms. The zero-order chi connectivity index (χ0) is 30.3. The third-order valence-corrected chi connectivity index (χ3v) is 8.54. The van der Waals surface area contributed by atoms with Crippen molar-refractivity contribution in [2.45, 2.75) is 64.3 Å². The summed E-state index contributed by atoms with van der Waals surface area (Å²) >= 11 is 0. The van der Waals surface area contributed by atoms with Crippen LogP contribution in [-0.4, -0.2) is 70.7 Å². The molecule has 0 saturated heterocycles. The molecule has 3 aromatic rings. The molecule has 1 aliphatic carbocycles. The van der Waals surface area contributed by atoms with Crippen LogP contribution in [0.4, 0.5) is 10.5 Å². The van der Waals surface area contributed by atoms with Crippen molar-refractivity contribution in [2.24, 2.45) is 5.92 Å². The number of benzene rings is 2. The minimum atomic E-state index is -0.322. The molecule has 43 heavy (non-hydrogen) atoms. The highest BCUT2D eigenvalue weighted by atomic mass is 16.5. The molecule has 1 aromatic heterocycles. The number of nitrogens with one attached hydrogen (secondary N) is 2. The van der Waals surface area contributed by atoms with Gasteiger partial charge < -0.3 is 25.4 Å². The average Bonchev–Trinajstić information content (AvgIpc) is 3.04. The van der Waals surface area contributed by atoms with Crippen molar-refractivity contribution in [1.82, 2.24) is 20.1 Å². The summed E-state index contributed by atoms with van der Waals surface area (Å²) in [5, 5.41) is 16.1. The van der Waals surface area contributed by atoms with Gasteiger partial charge in [0.1, 0.15) is 11.9 Å². The third-order valence-electron chi connectivity index (χ3n) is 8.54. The Morgan fingerprint density at radius 3 is 2.74 bits per heavy atom. The number of pyridine rings is 1. The summed E-state index contributed by atoms with van der Waals surface area (Å²) < 4.78 is 6.64. The van der Waals surface area contributed by atoms with Crippen molar-refractivity contribution in [3.63, 3.8) is 0 Å². The standard InChI is InChI=1S/C34H43N5O4/c1-23-19-39(24(2)22-40)33(41)18-27-17-28(36-34(42)37-30-10-6-8-26-7-4-5-9-29(26)30)11-12-31(27)43-32(23)21-38(3)20-25-13-15-35-16-14-25/h4-5,7,9,11-17,23-24,30,32,40H,6,8,10,18-22H2,1-3H3,(H2,36,37,42)/t23-,24?,30?,32+/m1/s1. The van der Waals surface area contributed by atoms with Crippen LogP contribution in [0.1, 0.15) is 55.0 Å². The van der Waals surface area contributed by atoms with Gasteiger partial charge in [0, 0.05) is 49.2 Å². The van der Waals surface area contributed by atoms with Gasteiger partial charge >= 0.3 is 6.03 Å². The van der Waals surface area contributed by atoms with Crippen molar-refractivity contribution < 1.29 is 19.4 Å². The Morgan fingerprint density at radius 1 is 1.16 bits per heavy atom. The van der Waals surface area contributed by atoms with E-state index in [1.54, 1.807) is 17.3 Å². The molecule has 2 unspecified atom stereocenters. The second-order valence-corrected chi connectivity index (χ2v) is 12.0. The number of fused-ring (bicyclic) bond motifs is 2. The lowest BCUT2D eigenvalue weighted by molar-refractivity contribution is -0.134. The van der Waals surface area contributed by atoms with E-state index in [1.807, 2.05) is 49.4 Å². The van der Waals surface area contributed by atoms with Gasteiger partial charge in [-0.2, -0.15) is 0 Å². The lowest BCUT2D eigenvalue weighted by Crippen LogP contribution is -2.47. The van der Waals surface area contributed by atoms with Crippen LogP contribution in [0.15, 0.2) is 67.0 Å². The molecule has 0 fully saturated rings. The maximum absolute atomic E-state index is 13.6. The first-order valence-electron chi connectivity index (χ1n) is 15.2. The Balaban J connectivity index is 1.34. The highest BCUT2D eigenvalue weighted by Gasteiger charge is 2.31. The quantitative estimate of drug-likeness (QED) is 0.358. The molecule has 228 valence electrons. The van der Waals surface area contributed by atoms with Crippen molar-refractivity contribution in [3.05, 3.63) is 89.2 Å². The molecule has 0 bridgehead atoms. The van der Waals surface area contributed by atoms with Gasteiger partial charge in [-0.15, -0.1) is 0 Å². The number of hydrogen-bond donors (Lipinski definition) is 3. The third kappa shape index (κ3) is 7.72. The van der Waals surface area contributed by atoms with Crippen molar-refractivity contribution in [2.75, 3.05) is 32.1 Å². The van der Waals surface area contributed by atoms with Gasteiger partial charge in [-0.25, -0.2) is 4.79 Å². The molecule has 1 aliphatic heterocycles. The molecular weight excluding hydrogens is 542 g/mol. The predicted octanol–water partition coefficient (Wildman–Crippen LogP) is 4.56. The Labute approximate surface area is 254 Å². The molecule has 2 aliphatic rings. The summed E-state index contributed by atoms with van der Waals surface area (Å²) in [6.45, 7) is 5.68. The second-order valence-electron chi connectivity index (χ2n) is 12.0. The topological polar surface area (TPSA) is 107 Å². The predicted molar refractivity (Wildman–Crippen MR) is 167 cm³/mol. The molecule has 3 N–H and O–H groups in total. The van der Waals surface area contributed by atoms with E-state index in [0.29, 0.717) is 30.1 Å². The zero-order valence-corrected chi connectivity index (χ0v) is 25.3. The van der Waals surface area contributed by atoms with Crippen LogP contribution in [0.25, 0.3) is 0 Å². The fourth-order valence-electron chi connectivity index (χ4n) is 6.13. The number of aromatic nitrogens is 1. The molecule has 5 rings (SSSR count). The van der Waals surface area contributed by atoms with Gasteiger partial charge in [-0.3, -0.25) is 14.7 Å². The Kier molecular flexibility index (Phi) is 9.94. The first-order chi connectivity index (χ1) is 20.8. The highest BCUT2D eigenvalue weighted by Crippen LogP contribution is 2.31. The van der Waals surface area contributed by atoms with Crippen LogP contribution in [-0.2, 0) is 24.2 Å². The van der Waals surface area contributed by atoms with Gasteiger partial charge in [0.25, 0.3) is 0 Å². The summed E-state index contributed by atoms with van der Waals surface area (Å²) in [4.78, 5) is 34.7. The van der Waals surface area contributed by atoms with E-state index >= 15 is 0 Å². The lowest BCUT2D eigenvalue weighted by Gasteiger charge is -2.34. The number of urea groups is 1. The number of carbonyl (C=O) groups is 2. The van der Waals surface area contributed by atoms with Crippen LogP contribution >= 0.6 is 0 Å². The van der Waals surface area contributed by atoms with E-state index in [9.17, 15) is 14.7 Å². The maximum Gasteiger partial charge on any atom is 0.319 e. The maximum atomic E-state index is 13.6. The van der Waals surface area contributed by atoms with E-state index in [-0.39, 0.29) is 49.1 Å². The van der Waals surface area contributed by atoms with Crippen molar-refractivity contribution >= 4 is 17.6 Å². The summed E-state index contributed by atoms with van der Waals surface area (Å²) in [6.07, 6.45) is 6.43. The minimum Gasteiger partial charge on any atom is -0.488 e. The molecule has 3 amide bonds. The van der Waals surface area contributed by atoms with Crippen molar-refractivity contribution in [3.8, 4) is 5.75 Å². The van der Waals surface area contributed by atoms with Gasteiger partial charge in [-0.1, -0.05) is 31.2 Å².